The Bertz CT molecular complexity index is 793. The van der Waals surface area contributed by atoms with Gasteiger partial charge in [0.15, 0.2) is 9.90 Å². The van der Waals surface area contributed by atoms with Crippen molar-refractivity contribution >= 4 is 38.7 Å². The second-order valence-corrected chi connectivity index (χ2v) is 8.58. The normalized spacial score (nSPS) is 19.4. The Labute approximate surface area is 129 Å². The quantitative estimate of drug-likeness (QED) is 0.922. The van der Waals surface area contributed by atoms with Crippen molar-refractivity contribution < 1.29 is 18.3 Å². The fourth-order valence-electron chi connectivity index (χ4n) is 2.48. The molecule has 0 bridgehead atoms. The minimum absolute atomic E-state index is 0.194. The molecule has 0 fully saturated rings. The average molecular weight is 344 g/mol. The van der Waals surface area contributed by atoms with Gasteiger partial charge in [-0.1, -0.05) is 0 Å². The topological polar surface area (TPSA) is 87.6 Å². The third kappa shape index (κ3) is 2.30. The van der Waals surface area contributed by atoms with Crippen molar-refractivity contribution in [1.29, 1.82) is 0 Å². The summed E-state index contributed by atoms with van der Waals surface area (Å²) < 4.78 is 26.7. The molecule has 1 unspecified atom stereocenters. The van der Waals surface area contributed by atoms with Gasteiger partial charge >= 0.3 is 5.97 Å². The molecule has 1 aliphatic rings. The van der Waals surface area contributed by atoms with Gasteiger partial charge in [0, 0.05) is 17.5 Å². The number of carbonyl (C=O) groups is 1. The number of thiazole rings is 1. The van der Waals surface area contributed by atoms with Crippen LogP contribution >= 0.6 is 22.7 Å². The number of fused-ring (bicyclic) bond motifs is 1. The van der Waals surface area contributed by atoms with E-state index in [0.717, 1.165) is 16.9 Å². The first kappa shape index (κ1) is 14.6. The summed E-state index contributed by atoms with van der Waals surface area (Å²) in [6.07, 6.45) is 0.651. The van der Waals surface area contributed by atoms with Crippen LogP contribution in [0.1, 0.15) is 33.9 Å². The number of carboxylic acid groups (broad SMARTS) is 1. The number of thiophene rings is 1. The molecule has 0 amide bonds. The molecule has 2 aromatic heterocycles. The summed E-state index contributed by atoms with van der Waals surface area (Å²) in [6, 6.07) is 1.63. The maximum absolute atomic E-state index is 12.8. The zero-order valence-electron chi connectivity index (χ0n) is 11.0. The number of hydrogen-bond donors (Lipinski definition) is 1. The van der Waals surface area contributed by atoms with E-state index in [1.807, 2.05) is 18.4 Å². The molecule has 112 valence electrons. The maximum atomic E-state index is 12.8. The number of carboxylic acids is 1. The number of nitrogens with zero attached hydrogens (tertiary/aromatic N) is 2. The molecule has 21 heavy (non-hydrogen) atoms. The van der Waals surface area contributed by atoms with E-state index in [9.17, 15) is 13.2 Å². The first-order valence-corrected chi connectivity index (χ1v) is 9.37. The summed E-state index contributed by atoms with van der Waals surface area (Å²) in [6.45, 7) is 2.18. The van der Waals surface area contributed by atoms with E-state index >= 15 is 0 Å². The van der Waals surface area contributed by atoms with Crippen molar-refractivity contribution in [2.45, 2.75) is 23.6 Å². The molecule has 1 N–H and O–H groups in total. The van der Waals surface area contributed by atoms with Crippen molar-refractivity contribution in [3.8, 4) is 0 Å². The van der Waals surface area contributed by atoms with Crippen molar-refractivity contribution in [3.05, 3.63) is 33.1 Å². The number of sulfonamides is 1. The Hall–Kier alpha value is -1.29. The Morgan fingerprint density at radius 2 is 2.24 bits per heavy atom. The molecule has 0 spiro atoms. The monoisotopic (exact) mass is 344 g/mol. The first-order valence-electron chi connectivity index (χ1n) is 6.18. The molecule has 3 heterocycles. The van der Waals surface area contributed by atoms with Crippen LogP contribution in [0.4, 0.5) is 0 Å². The lowest BCUT2D eigenvalue weighted by atomic mass is 10.0. The first-order chi connectivity index (χ1) is 9.93. The van der Waals surface area contributed by atoms with Crippen molar-refractivity contribution in [2.24, 2.45) is 0 Å². The van der Waals surface area contributed by atoms with E-state index in [0.29, 0.717) is 13.0 Å². The summed E-state index contributed by atoms with van der Waals surface area (Å²) in [4.78, 5) is 16.0. The van der Waals surface area contributed by atoms with Gasteiger partial charge in [-0.2, -0.15) is 4.31 Å². The lowest BCUT2D eigenvalue weighted by molar-refractivity contribution is 0.0687. The molecule has 0 saturated heterocycles. The van der Waals surface area contributed by atoms with Crippen molar-refractivity contribution in [1.82, 2.24) is 9.29 Å². The predicted molar refractivity (Wildman–Crippen MR) is 79.4 cm³/mol. The number of hydrogen-bond acceptors (Lipinski definition) is 6. The zero-order valence-corrected chi connectivity index (χ0v) is 13.5. The van der Waals surface area contributed by atoms with Gasteiger partial charge in [-0.15, -0.1) is 22.7 Å². The molecule has 9 heteroatoms. The van der Waals surface area contributed by atoms with Gasteiger partial charge in [0.1, 0.15) is 0 Å². The molecule has 6 nitrogen and oxygen atoms in total. The predicted octanol–water partition coefficient (Wildman–Crippen LogP) is 2.21. The molecule has 1 atom stereocenters. The van der Waals surface area contributed by atoms with Crippen LogP contribution < -0.4 is 0 Å². The summed E-state index contributed by atoms with van der Waals surface area (Å²) in [5.41, 5.74) is 1.85. The number of aromatic carboxylic acids is 1. The van der Waals surface area contributed by atoms with Crippen LogP contribution in [0.15, 0.2) is 21.2 Å². The van der Waals surface area contributed by atoms with Crippen molar-refractivity contribution in [3.63, 3.8) is 0 Å². The molecular formula is C12H12N2O4S3. The second-order valence-electron chi connectivity index (χ2n) is 4.63. The highest BCUT2D eigenvalue weighted by molar-refractivity contribution is 7.91. The SMILES string of the molecule is CC1c2ccsc2CCN1S(=O)(=O)c1scnc1C(=O)O. The zero-order chi connectivity index (χ0) is 15.2. The van der Waals surface area contributed by atoms with Gasteiger partial charge < -0.3 is 5.11 Å². The van der Waals surface area contributed by atoms with E-state index < -0.39 is 21.7 Å². The molecule has 0 radical (unpaired) electrons. The Kier molecular flexibility index (Phi) is 3.60. The Morgan fingerprint density at radius 3 is 2.95 bits per heavy atom. The van der Waals surface area contributed by atoms with Crippen LogP contribution in [0.2, 0.25) is 0 Å². The highest BCUT2D eigenvalue weighted by Crippen LogP contribution is 2.37. The van der Waals surface area contributed by atoms with Gasteiger partial charge in [-0.05, 0) is 30.4 Å². The van der Waals surface area contributed by atoms with Gasteiger partial charge in [-0.3, -0.25) is 0 Å². The Balaban J connectivity index is 2.04. The second kappa shape index (κ2) is 5.16. The Morgan fingerprint density at radius 1 is 1.48 bits per heavy atom. The number of rotatable bonds is 3. The van der Waals surface area contributed by atoms with Gasteiger partial charge in [0.25, 0.3) is 10.0 Å². The summed E-state index contributed by atoms with van der Waals surface area (Å²) in [7, 11) is -3.85. The molecule has 0 aromatic carbocycles. The van der Waals surface area contributed by atoms with Crippen LogP contribution in [-0.4, -0.2) is 35.3 Å². The van der Waals surface area contributed by atoms with E-state index in [-0.39, 0.29) is 10.3 Å². The van der Waals surface area contributed by atoms with Crippen LogP contribution in [-0.2, 0) is 16.4 Å². The minimum Gasteiger partial charge on any atom is -0.476 e. The highest BCUT2D eigenvalue weighted by Gasteiger charge is 2.37. The average Bonchev–Trinajstić information content (AvgIpc) is 3.08. The third-order valence-corrected chi connectivity index (χ3v) is 7.82. The minimum atomic E-state index is -3.85. The van der Waals surface area contributed by atoms with Gasteiger partial charge in [-0.25, -0.2) is 18.2 Å². The smallest absolute Gasteiger partial charge is 0.356 e. The summed E-state index contributed by atoms with van der Waals surface area (Å²) in [5, 5.41) is 11.0. The largest absolute Gasteiger partial charge is 0.476 e. The fraction of sp³-hybridized carbons (Fsp3) is 0.333. The van der Waals surface area contributed by atoms with Gasteiger partial charge in [0.2, 0.25) is 0 Å². The molecular weight excluding hydrogens is 332 g/mol. The molecule has 0 aliphatic carbocycles. The van der Waals surface area contributed by atoms with Gasteiger partial charge in [0.05, 0.1) is 5.51 Å². The fourth-order valence-corrected chi connectivity index (χ4v) is 6.31. The van der Waals surface area contributed by atoms with Crippen molar-refractivity contribution in [2.75, 3.05) is 6.54 Å². The van der Waals surface area contributed by atoms with Crippen LogP contribution in [0, 0.1) is 0 Å². The lowest BCUT2D eigenvalue weighted by Gasteiger charge is -2.32. The molecule has 3 rings (SSSR count). The number of aromatic nitrogens is 1. The van der Waals surface area contributed by atoms with Crippen LogP contribution in [0.25, 0.3) is 0 Å². The van der Waals surface area contributed by atoms with E-state index in [1.54, 1.807) is 11.3 Å². The molecule has 2 aromatic rings. The summed E-state index contributed by atoms with van der Waals surface area (Å²) in [5.74, 6) is -1.32. The van der Waals surface area contributed by atoms with Crippen LogP contribution in [0.3, 0.4) is 0 Å². The lowest BCUT2D eigenvalue weighted by Crippen LogP contribution is -2.38. The summed E-state index contributed by atoms with van der Waals surface area (Å²) >= 11 is 2.47. The van der Waals surface area contributed by atoms with E-state index in [4.69, 9.17) is 5.11 Å². The van der Waals surface area contributed by atoms with Crippen LogP contribution in [0.5, 0.6) is 0 Å². The molecule has 0 saturated carbocycles. The standard InChI is InChI=1S/C12H12N2O4S3/c1-7-8-3-5-19-9(8)2-4-14(7)21(17,18)12-10(11(15)16)13-6-20-12/h3,5-7H,2,4H2,1H3,(H,15,16). The van der Waals surface area contributed by atoms with E-state index in [1.165, 1.54) is 14.7 Å². The maximum Gasteiger partial charge on any atom is 0.356 e. The molecule has 1 aliphatic heterocycles. The van der Waals surface area contributed by atoms with E-state index in [2.05, 4.69) is 4.98 Å². The third-order valence-electron chi connectivity index (χ3n) is 3.50. The highest BCUT2D eigenvalue weighted by atomic mass is 32.2.